The number of carbonyl (C=O) groups is 2. The van der Waals surface area contributed by atoms with E-state index in [-0.39, 0.29) is 0 Å². The highest BCUT2D eigenvalue weighted by atomic mass is 32.2. The number of nitrogens with one attached hydrogen (secondary N) is 1. The van der Waals surface area contributed by atoms with Gasteiger partial charge in [0.25, 0.3) is 0 Å². The summed E-state index contributed by atoms with van der Waals surface area (Å²) in [7, 11) is 0. The summed E-state index contributed by atoms with van der Waals surface area (Å²) in [6, 6.07) is 7.00. The minimum atomic E-state index is -1.01. The number of carbonyl (C=O) groups excluding carboxylic acids is 1. The first-order valence-corrected chi connectivity index (χ1v) is 7.49. The summed E-state index contributed by atoms with van der Waals surface area (Å²) in [6.45, 7) is 2.57. The lowest BCUT2D eigenvalue weighted by atomic mass is 10.2. The molecule has 20 heavy (non-hydrogen) atoms. The van der Waals surface area contributed by atoms with Gasteiger partial charge < -0.3 is 15.2 Å². The van der Waals surface area contributed by atoms with Gasteiger partial charge in [0.05, 0.1) is 6.61 Å². The summed E-state index contributed by atoms with van der Waals surface area (Å²) >= 11 is 1.61. The van der Waals surface area contributed by atoms with Gasteiger partial charge in [-0.2, -0.15) is 11.8 Å². The number of amides is 1. The molecule has 0 fully saturated rings. The van der Waals surface area contributed by atoms with Crippen LogP contribution in [-0.4, -0.2) is 41.6 Å². The van der Waals surface area contributed by atoms with Crippen molar-refractivity contribution in [3.63, 3.8) is 0 Å². The summed E-state index contributed by atoms with van der Waals surface area (Å²) in [6.07, 6.45) is 0.827. The van der Waals surface area contributed by atoms with Gasteiger partial charge in [-0.1, -0.05) is 18.2 Å². The van der Waals surface area contributed by atoms with Gasteiger partial charge in [0.15, 0.2) is 0 Å². The molecule has 1 aromatic carbocycles. The fourth-order valence-corrected chi connectivity index (χ4v) is 2.40. The van der Waals surface area contributed by atoms with E-state index in [1.165, 1.54) is 0 Å². The van der Waals surface area contributed by atoms with E-state index in [0.717, 1.165) is 17.1 Å². The first-order chi connectivity index (χ1) is 9.65. The lowest BCUT2D eigenvalue weighted by Gasteiger charge is -2.11. The Morgan fingerprint density at radius 2 is 2.20 bits per heavy atom. The van der Waals surface area contributed by atoms with Gasteiger partial charge in [0, 0.05) is 5.75 Å². The number of aryl methyl sites for hydroxylation is 1. The molecule has 0 bridgehead atoms. The standard InChI is InChI=1S/C14H19NO4S/c1-11-4-2-3-5-13(11)19-7-9-20-8-6-12(14(17)18)15-10-16/h2-5,10,12H,6-9H2,1H3,(H,15,16)(H,17,18). The van der Waals surface area contributed by atoms with Gasteiger partial charge in [-0.25, -0.2) is 4.79 Å². The molecule has 1 atom stereocenters. The maximum atomic E-state index is 10.8. The molecule has 110 valence electrons. The summed E-state index contributed by atoms with van der Waals surface area (Å²) < 4.78 is 5.63. The van der Waals surface area contributed by atoms with E-state index in [9.17, 15) is 9.59 Å². The smallest absolute Gasteiger partial charge is 0.326 e. The third kappa shape index (κ3) is 5.97. The Morgan fingerprint density at radius 3 is 2.85 bits per heavy atom. The Labute approximate surface area is 122 Å². The second kappa shape index (κ2) is 9.25. The van der Waals surface area contributed by atoms with E-state index in [0.29, 0.717) is 25.2 Å². The summed E-state index contributed by atoms with van der Waals surface area (Å²) in [5, 5.41) is 11.1. The maximum Gasteiger partial charge on any atom is 0.326 e. The molecule has 2 N–H and O–H groups in total. The normalized spacial score (nSPS) is 11.7. The Morgan fingerprint density at radius 1 is 1.45 bits per heavy atom. The van der Waals surface area contributed by atoms with Crippen molar-refractivity contribution < 1.29 is 19.4 Å². The van der Waals surface area contributed by atoms with E-state index in [1.807, 2.05) is 31.2 Å². The largest absolute Gasteiger partial charge is 0.492 e. The fraction of sp³-hybridized carbons (Fsp3) is 0.429. The average Bonchev–Trinajstić information content (AvgIpc) is 2.43. The van der Waals surface area contributed by atoms with Crippen LogP contribution in [0.4, 0.5) is 0 Å². The van der Waals surface area contributed by atoms with Crippen molar-refractivity contribution in [2.45, 2.75) is 19.4 Å². The minimum absolute atomic E-state index is 0.406. The molecule has 1 unspecified atom stereocenters. The first-order valence-electron chi connectivity index (χ1n) is 6.34. The van der Waals surface area contributed by atoms with Gasteiger partial charge in [-0.05, 0) is 30.7 Å². The summed E-state index contributed by atoms with van der Waals surface area (Å²) in [4.78, 5) is 21.0. The highest BCUT2D eigenvalue weighted by Crippen LogP contribution is 2.16. The molecule has 1 aromatic rings. The molecule has 0 aliphatic carbocycles. The summed E-state index contributed by atoms with van der Waals surface area (Å²) in [5.74, 6) is 1.31. The third-order valence-corrected chi connectivity index (χ3v) is 3.68. The lowest BCUT2D eigenvalue weighted by Crippen LogP contribution is -2.36. The zero-order chi connectivity index (χ0) is 14.8. The van der Waals surface area contributed by atoms with Crippen LogP contribution in [0.15, 0.2) is 24.3 Å². The van der Waals surface area contributed by atoms with Crippen molar-refractivity contribution >= 4 is 24.1 Å². The molecule has 0 saturated heterocycles. The quantitative estimate of drug-likeness (QED) is 0.508. The van der Waals surface area contributed by atoms with Gasteiger partial charge in [0.2, 0.25) is 6.41 Å². The number of hydrogen-bond acceptors (Lipinski definition) is 4. The number of hydrogen-bond donors (Lipinski definition) is 2. The lowest BCUT2D eigenvalue weighted by molar-refractivity contribution is -0.140. The SMILES string of the molecule is Cc1ccccc1OCCSCCC(NC=O)C(=O)O. The molecule has 0 saturated carbocycles. The molecule has 1 amide bonds. The van der Waals surface area contributed by atoms with Crippen LogP contribution in [0.2, 0.25) is 0 Å². The molecule has 0 radical (unpaired) electrons. The molecule has 0 spiro atoms. The molecule has 0 heterocycles. The first kappa shape index (κ1) is 16.4. The number of ether oxygens (including phenoxy) is 1. The van der Waals surface area contributed by atoms with Crippen molar-refractivity contribution in [3.05, 3.63) is 29.8 Å². The predicted molar refractivity (Wildman–Crippen MR) is 79.2 cm³/mol. The topological polar surface area (TPSA) is 75.6 Å². The molecular formula is C14H19NO4S. The number of para-hydroxylation sites is 1. The summed E-state index contributed by atoms with van der Waals surface area (Å²) in [5.41, 5.74) is 1.10. The molecule has 6 heteroatoms. The molecule has 0 aliphatic rings. The van der Waals surface area contributed by atoms with E-state index < -0.39 is 12.0 Å². The number of aliphatic carboxylic acids is 1. The van der Waals surface area contributed by atoms with Crippen LogP contribution in [0.3, 0.4) is 0 Å². The van der Waals surface area contributed by atoms with Crippen LogP contribution in [0.1, 0.15) is 12.0 Å². The Balaban J connectivity index is 2.14. The molecule has 0 aliphatic heterocycles. The number of thioether (sulfide) groups is 1. The second-order valence-corrected chi connectivity index (χ2v) is 5.42. The van der Waals surface area contributed by atoms with Gasteiger partial charge in [-0.3, -0.25) is 4.79 Å². The van der Waals surface area contributed by atoms with Crippen LogP contribution in [-0.2, 0) is 9.59 Å². The predicted octanol–water partition coefficient (Wildman–Crippen LogP) is 1.70. The zero-order valence-electron chi connectivity index (χ0n) is 11.4. The van der Waals surface area contributed by atoms with Gasteiger partial charge in [-0.15, -0.1) is 0 Å². The Hall–Kier alpha value is -1.69. The maximum absolute atomic E-state index is 10.8. The molecule has 0 aromatic heterocycles. The van der Waals surface area contributed by atoms with Crippen molar-refractivity contribution in [3.8, 4) is 5.75 Å². The van der Waals surface area contributed by atoms with E-state index >= 15 is 0 Å². The van der Waals surface area contributed by atoms with Crippen LogP contribution >= 0.6 is 11.8 Å². The zero-order valence-corrected chi connectivity index (χ0v) is 12.2. The molecular weight excluding hydrogens is 278 g/mol. The van der Waals surface area contributed by atoms with Crippen molar-refractivity contribution in [2.24, 2.45) is 0 Å². The highest BCUT2D eigenvalue weighted by molar-refractivity contribution is 7.99. The second-order valence-electron chi connectivity index (χ2n) is 4.19. The average molecular weight is 297 g/mol. The molecule has 1 rings (SSSR count). The molecule has 5 nitrogen and oxygen atoms in total. The minimum Gasteiger partial charge on any atom is -0.492 e. The number of carboxylic acids is 1. The van der Waals surface area contributed by atoms with Crippen molar-refractivity contribution in [1.82, 2.24) is 5.32 Å². The Kier molecular flexibility index (Phi) is 7.57. The van der Waals surface area contributed by atoms with Gasteiger partial charge in [0.1, 0.15) is 11.8 Å². The van der Waals surface area contributed by atoms with Crippen LogP contribution < -0.4 is 10.1 Å². The fourth-order valence-electron chi connectivity index (χ4n) is 1.59. The number of carboxylic acid groups (broad SMARTS) is 1. The van der Waals surface area contributed by atoms with Crippen LogP contribution in [0, 0.1) is 6.92 Å². The number of benzene rings is 1. The van der Waals surface area contributed by atoms with Crippen LogP contribution in [0.25, 0.3) is 0 Å². The monoisotopic (exact) mass is 297 g/mol. The van der Waals surface area contributed by atoms with Gasteiger partial charge >= 0.3 is 5.97 Å². The van der Waals surface area contributed by atoms with E-state index in [1.54, 1.807) is 11.8 Å². The number of rotatable bonds is 10. The van der Waals surface area contributed by atoms with Crippen molar-refractivity contribution in [2.75, 3.05) is 18.1 Å². The highest BCUT2D eigenvalue weighted by Gasteiger charge is 2.15. The van der Waals surface area contributed by atoms with E-state index in [2.05, 4.69) is 5.32 Å². The van der Waals surface area contributed by atoms with Crippen LogP contribution in [0.5, 0.6) is 5.75 Å². The Bertz CT molecular complexity index is 439. The van der Waals surface area contributed by atoms with Crippen molar-refractivity contribution in [1.29, 1.82) is 0 Å². The third-order valence-electron chi connectivity index (χ3n) is 2.70. The van der Waals surface area contributed by atoms with E-state index in [4.69, 9.17) is 9.84 Å².